The smallest absolute Gasteiger partial charge is 0.146 e. The Morgan fingerprint density at radius 1 is 1.22 bits per heavy atom. The summed E-state index contributed by atoms with van der Waals surface area (Å²) in [5, 5.41) is 3.12. The lowest BCUT2D eigenvalue weighted by Crippen LogP contribution is -2.09. The lowest BCUT2D eigenvalue weighted by atomic mass is 10.2. The summed E-state index contributed by atoms with van der Waals surface area (Å²) in [7, 11) is 1.88. The van der Waals surface area contributed by atoms with Gasteiger partial charge in [0.15, 0.2) is 0 Å². The molecule has 2 aromatic heterocycles. The Bertz CT molecular complexity index is 518. The molecular formula is C13H19N5. The second-order valence-corrected chi connectivity index (χ2v) is 4.09. The summed E-state index contributed by atoms with van der Waals surface area (Å²) in [4.78, 5) is 13.1. The van der Waals surface area contributed by atoms with Gasteiger partial charge in [0, 0.05) is 31.4 Å². The molecule has 5 nitrogen and oxygen atoms in total. The van der Waals surface area contributed by atoms with Gasteiger partial charge in [-0.05, 0) is 12.8 Å². The second-order valence-electron chi connectivity index (χ2n) is 4.09. The summed E-state index contributed by atoms with van der Waals surface area (Å²) >= 11 is 0. The molecule has 0 saturated heterocycles. The maximum absolute atomic E-state index is 4.42. The van der Waals surface area contributed by atoms with Crippen LogP contribution in [0.2, 0.25) is 0 Å². The number of aromatic nitrogens is 4. The average molecular weight is 245 g/mol. The molecule has 0 aromatic carbocycles. The predicted octanol–water partition coefficient (Wildman–Crippen LogP) is 2.22. The van der Waals surface area contributed by atoms with E-state index >= 15 is 0 Å². The fourth-order valence-electron chi connectivity index (χ4n) is 2.09. The summed E-state index contributed by atoms with van der Waals surface area (Å²) in [6, 6.07) is 0. The third kappa shape index (κ3) is 2.20. The molecule has 0 radical (unpaired) electrons. The number of rotatable bonds is 5. The fourth-order valence-corrected chi connectivity index (χ4v) is 2.09. The van der Waals surface area contributed by atoms with Crippen LogP contribution in [0.25, 0.3) is 5.82 Å². The van der Waals surface area contributed by atoms with Crippen molar-refractivity contribution >= 4 is 5.82 Å². The van der Waals surface area contributed by atoms with Crippen molar-refractivity contribution < 1.29 is 0 Å². The Kier molecular flexibility index (Phi) is 3.92. The van der Waals surface area contributed by atoms with Crippen LogP contribution in [-0.2, 0) is 12.8 Å². The molecule has 0 amide bonds. The van der Waals surface area contributed by atoms with Crippen LogP contribution in [0.5, 0.6) is 0 Å². The Balaban J connectivity index is 2.52. The van der Waals surface area contributed by atoms with Crippen molar-refractivity contribution in [1.82, 2.24) is 19.5 Å². The average Bonchev–Trinajstić information content (AvgIpc) is 2.86. The van der Waals surface area contributed by atoms with E-state index in [9.17, 15) is 0 Å². The van der Waals surface area contributed by atoms with Crippen molar-refractivity contribution in [3.05, 3.63) is 30.1 Å². The van der Waals surface area contributed by atoms with Gasteiger partial charge in [-0.15, -0.1) is 0 Å². The van der Waals surface area contributed by atoms with Crippen molar-refractivity contribution in [2.24, 2.45) is 0 Å². The number of anilines is 1. The predicted molar refractivity (Wildman–Crippen MR) is 72.1 cm³/mol. The zero-order chi connectivity index (χ0) is 13.0. The highest BCUT2D eigenvalue weighted by molar-refractivity contribution is 5.51. The van der Waals surface area contributed by atoms with Crippen LogP contribution in [-0.4, -0.2) is 26.6 Å². The molecule has 0 aliphatic heterocycles. The Labute approximate surface area is 107 Å². The molecule has 2 aromatic rings. The lowest BCUT2D eigenvalue weighted by Gasteiger charge is -2.13. The largest absolute Gasteiger partial charge is 0.373 e. The first kappa shape index (κ1) is 12.5. The van der Waals surface area contributed by atoms with Gasteiger partial charge in [-0.3, -0.25) is 4.57 Å². The number of hydrogen-bond donors (Lipinski definition) is 1. The molecule has 0 bridgehead atoms. The Morgan fingerprint density at radius 3 is 2.72 bits per heavy atom. The summed E-state index contributed by atoms with van der Waals surface area (Å²) in [6.45, 7) is 4.26. The maximum Gasteiger partial charge on any atom is 0.146 e. The zero-order valence-corrected chi connectivity index (χ0v) is 11.1. The van der Waals surface area contributed by atoms with Gasteiger partial charge < -0.3 is 5.32 Å². The van der Waals surface area contributed by atoms with Gasteiger partial charge in [0.1, 0.15) is 23.8 Å². The number of nitrogens with zero attached hydrogens (tertiary/aromatic N) is 4. The quantitative estimate of drug-likeness (QED) is 0.877. The normalized spacial score (nSPS) is 10.6. The molecule has 2 rings (SSSR count). The van der Waals surface area contributed by atoms with E-state index in [1.54, 1.807) is 6.33 Å². The van der Waals surface area contributed by atoms with Crippen LogP contribution < -0.4 is 5.32 Å². The van der Waals surface area contributed by atoms with E-state index in [1.165, 1.54) is 0 Å². The van der Waals surface area contributed by atoms with Crippen LogP contribution in [0.4, 0.5) is 5.82 Å². The van der Waals surface area contributed by atoms with Crippen molar-refractivity contribution in [1.29, 1.82) is 0 Å². The van der Waals surface area contributed by atoms with Gasteiger partial charge in [-0.1, -0.05) is 13.8 Å². The summed E-state index contributed by atoms with van der Waals surface area (Å²) < 4.78 is 2.06. The summed E-state index contributed by atoms with van der Waals surface area (Å²) in [5.41, 5.74) is 1.12. The highest BCUT2D eigenvalue weighted by atomic mass is 15.1. The van der Waals surface area contributed by atoms with Gasteiger partial charge in [0.25, 0.3) is 0 Å². The minimum atomic E-state index is 0.885. The fraction of sp³-hybridized carbons (Fsp3) is 0.462. The molecule has 0 fully saturated rings. The molecule has 0 unspecified atom stereocenters. The van der Waals surface area contributed by atoms with Crippen molar-refractivity contribution in [2.75, 3.05) is 12.4 Å². The van der Waals surface area contributed by atoms with Gasteiger partial charge in [-0.25, -0.2) is 15.0 Å². The molecule has 0 aliphatic carbocycles. The van der Waals surface area contributed by atoms with Gasteiger partial charge in [0.05, 0.1) is 0 Å². The van der Waals surface area contributed by atoms with Crippen LogP contribution in [0.15, 0.2) is 18.7 Å². The number of nitrogens with one attached hydrogen (secondary N) is 1. The molecule has 96 valence electrons. The molecule has 0 aliphatic rings. The number of aryl methyl sites for hydroxylation is 1. The minimum Gasteiger partial charge on any atom is -0.373 e. The highest BCUT2D eigenvalue weighted by Gasteiger charge is 2.13. The standard InChI is InChI=1S/C13H19N5/c1-4-6-11-15-7-8-18(11)13-10(5-2)12(14-3)16-9-17-13/h7-9H,4-6H2,1-3H3,(H,14,16,17). The monoisotopic (exact) mass is 245 g/mol. The maximum atomic E-state index is 4.42. The van der Waals surface area contributed by atoms with E-state index in [0.29, 0.717) is 0 Å². The van der Waals surface area contributed by atoms with Gasteiger partial charge in [-0.2, -0.15) is 0 Å². The van der Waals surface area contributed by atoms with Crippen molar-refractivity contribution in [3.8, 4) is 5.82 Å². The van der Waals surface area contributed by atoms with E-state index in [0.717, 1.165) is 42.3 Å². The Hall–Kier alpha value is -1.91. The van der Waals surface area contributed by atoms with Crippen molar-refractivity contribution in [2.45, 2.75) is 33.1 Å². The number of hydrogen-bond acceptors (Lipinski definition) is 4. The van der Waals surface area contributed by atoms with Gasteiger partial charge >= 0.3 is 0 Å². The molecule has 1 N–H and O–H groups in total. The molecule has 0 atom stereocenters. The molecule has 0 spiro atoms. The van der Waals surface area contributed by atoms with Crippen LogP contribution >= 0.6 is 0 Å². The Morgan fingerprint density at radius 2 is 2.06 bits per heavy atom. The lowest BCUT2D eigenvalue weighted by molar-refractivity contribution is 0.788. The van der Waals surface area contributed by atoms with E-state index in [-0.39, 0.29) is 0 Å². The van der Waals surface area contributed by atoms with E-state index < -0.39 is 0 Å². The van der Waals surface area contributed by atoms with Crippen LogP contribution in [0.3, 0.4) is 0 Å². The molecule has 2 heterocycles. The third-order valence-corrected chi connectivity index (χ3v) is 2.93. The summed E-state index contributed by atoms with van der Waals surface area (Å²) in [5.74, 6) is 2.87. The van der Waals surface area contributed by atoms with Crippen LogP contribution in [0.1, 0.15) is 31.7 Å². The third-order valence-electron chi connectivity index (χ3n) is 2.93. The SMILES string of the molecule is CCCc1nccn1-c1ncnc(NC)c1CC. The second kappa shape index (κ2) is 5.62. The highest BCUT2D eigenvalue weighted by Crippen LogP contribution is 2.20. The van der Waals surface area contributed by atoms with E-state index in [4.69, 9.17) is 0 Å². The summed E-state index contributed by atoms with van der Waals surface area (Å²) in [6.07, 6.45) is 8.29. The first-order valence-corrected chi connectivity index (χ1v) is 6.36. The molecule has 18 heavy (non-hydrogen) atoms. The first-order chi connectivity index (χ1) is 8.81. The minimum absolute atomic E-state index is 0.885. The molecule has 0 saturated carbocycles. The zero-order valence-electron chi connectivity index (χ0n) is 11.1. The molecule has 5 heteroatoms. The molecular weight excluding hydrogens is 226 g/mol. The number of imidazole rings is 1. The van der Waals surface area contributed by atoms with Crippen LogP contribution in [0, 0.1) is 0 Å². The topological polar surface area (TPSA) is 55.6 Å². The van der Waals surface area contributed by atoms with E-state index in [1.807, 2.05) is 19.4 Å². The van der Waals surface area contributed by atoms with Gasteiger partial charge in [0.2, 0.25) is 0 Å². The first-order valence-electron chi connectivity index (χ1n) is 6.36. The van der Waals surface area contributed by atoms with E-state index in [2.05, 4.69) is 38.7 Å². The van der Waals surface area contributed by atoms with Crippen molar-refractivity contribution in [3.63, 3.8) is 0 Å².